The molecule has 34 heavy (non-hydrogen) atoms. The summed E-state index contributed by atoms with van der Waals surface area (Å²) in [5, 5.41) is 20.1. The quantitative estimate of drug-likeness (QED) is 0.390. The molecule has 1 fully saturated rings. The van der Waals surface area contributed by atoms with Crippen LogP contribution in [0.3, 0.4) is 0 Å². The maximum atomic E-state index is 12.5. The van der Waals surface area contributed by atoms with Crippen LogP contribution in [0.25, 0.3) is 0 Å². The maximum absolute atomic E-state index is 12.5. The van der Waals surface area contributed by atoms with E-state index in [1.165, 1.54) is 18.3 Å². The van der Waals surface area contributed by atoms with Gasteiger partial charge < -0.3 is 25.0 Å². The van der Waals surface area contributed by atoms with Gasteiger partial charge in [-0.15, -0.1) is 13.2 Å². The largest absolute Gasteiger partial charge is 0.573 e. The maximum Gasteiger partial charge on any atom is 0.573 e. The van der Waals surface area contributed by atoms with E-state index in [0.29, 0.717) is 23.4 Å². The zero-order valence-electron chi connectivity index (χ0n) is 17.1. The van der Waals surface area contributed by atoms with E-state index in [4.69, 9.17) is 21.8 Å². The van der Waals surface area contributed by atoms with Crippen molar-refractivity contribution in [3.05, 3.63) is 52.8 Å². The summed E-state index contributed by atoms with van der Waals surface area (Å²) in [6.07, 6.45) is -10.6. The molecule has 0 saturated carbocycles. The fraction of sp³-hybridized carbons (Fsp3) is 0.400. The zero-order valence-corrected chi connectivity index (χ0v) is 17.9. The van der Waals surface area contributed by atoms with Crippen LogP contribution in [0.1, 0.15) is 29.7 Å². The lowest BCUT2D eigenvalue weighted by Gasteiger charge is -2.15. The molecular formula is C20H19ClF6N2O5. The lowest BCUT2D eigenvalue weighted by Crippen LogP contribution is -2.27. The molecule has 188 valence electrons. The summed E-state index contributed by atoms with van der Waals surface area (Å²) in [6, 6.07) is 6.28. The molecule has 3 unspecified atom stereocenters. The number of hydrogen-bond donors (Lipinski definition) is 3. The summed E-state index contributed by atoms with van der Waals surface area (Å²) in [6.45, 7) is -0.559. The van der Waals surface area contributed by atoms with Gasteiger partial charge in [-0.05, 0) is 36.2 Å². The molecule has 2 aromatic rings. The first-order valence-electron chi connectivity index (χ1n) is 9.52. The number of aromatic nitrogens is 1. The first-order valence-corrected chi connectivity index (χ1v) is 9.90. The minimum atomic E-state index is -4.86. The molecule has 7 nitrogen and oxygen atoms in total. The summed E-state index contributed by atoms with van der Waals surface area (Å²) >= 11 is 5.82. The van der Waals surface area contributed by atoms with Gasteiger partial charge in [-0.25, -0.2) is 0 Å². The van der Waals surface area contributed by atoms with Gasteiger partial charge in [-0.3, -0.25) is 9.78 Å². The van der Waals surface area contributed by atoms with Crippen molar-refractivity contribution in [1.29, 1.82) is 0 Å². The number of carbonyl (C=O) groups excluding carboxylic acids is 1. The molecule has 0 spiro atoms. The third kappa shape index (κ3) is 8.31. The highest BCUT2D eigenvalue weighted by atomic mass is 35.5. The SMILES string of the molecule is FC(F)(F)Oc1ccc(C2COC(C(F)(F)F)C2)c(Cl)c1.O=CNc1ccc(C(O)CO)nc1. The van der Waals surface area contributed by atoms with Crippen LogP contribution in [-0.2, 0) is 9.53 Å². The number of anilines is 1. The van der Waals surface area contributed by atoms with Crippen LogP contribution >= 0.6 is 11.6 Å². The van der Waals surface area contributed by atoms with Crippen LogP contribution < -0.4 is 10.1 Å². The minimum Gasteiger partial charge on any atom is -0.406 e. The van der Waals surface area contributed by atoms with Crippen molar-refractivity contribution >= 4 is 23.7 Å². The number of nitrogens with zero attached hydrogens (tertiary/aromatic N) is 1. The number of pyridine rings is 1. The van der Waals surface area contributed by atoms with Crippen LogP contribution in [0.4, 0.5) is 32.0 Å². The van der Waals surface area contributed by atoms with Crippen molar-refractivity contribution in [2.45, 2.75) is 37.1 Å². The summed E-state index contributed by atoms with van der Waals surface area (Å²) in [7, 11) is 0. The number of aliphatic hydroxyl groups is 2. The highest BCUT2D eigenvalue weighted by Gasteiger charge is 2.46. The number of ether oxygens (including phenoxy) is 2. The first kappa shape index (κ1) is 27.6. The zero-order chi connectivity index (χ0) is 25.5. The average molecular weight is 517 g/mol. The van der Waals surface area contributed by atoms with E-state index in [1.54, 1.807) is 6.07 Å². The highest BCUT2D eigenvalue weighted by Crippen LogP contribution is 2.40. The number of hydrogen-bond acceptors (Lipinski definition) is 6. The molecule has 0 radical (unpaired) electrons. The molecule has 3 rings (SSSR count). The second kappa shape index (κ2) is 11.7. The van der Waals surface area contributed by atoms with E-state index in [-0.39, 0.29) is 24.7 Å². The number of aliphatic hydroxyl groups excluding tert-OH is 2. The molecular weight excluding hydrogens is 498 g/mol. The molecule has 1 aromatic carbocycles. The van der Waals surface area contributed by atoms with E-state index >= 15 is 0 Å². The monoisotopic (exact) mass is 516 g/mol. The Bertz CT molecular complexity index is 943. The van der Waals surface area contributed by atoms with Gasteiger partial charge in [0, 0.05) is 10.9 Å². The summed E-state index contributed by atoms with van der Waals surface area (Å²) in [5.41, 5.74) is 1.22. The molecule has 1 saturated heterocycles. The van der Waals surface area contributed by atoms with Crippen molar-refractivity contribution in [1.82, 2.24) is 4.98 Å². The van der Waals surface area contributed by atoms with Gasteiger partial charge in [-0.2, -0.15) is 13.2 Å². The Labute approximate surface area is 194 Å². The van der Waals surface area contributed by atoms with Crippen LogP contribution in [0.2, 0.25) is 5.02 Å². The number of alkyl halides is 6. The Morgan fingerprint density at radius 1 is 1.24 bits per heavy atom. The highest BCUT2D eigenvalue weighted by molar-refractivity contribution is 6.31. The predicted molar refractivity (Wildman–Crippen MR) is 107 cm³/mol. The van der Waals surface area contributed by atoms with Crippen molar-refractivity contribution in [2.24, 2.45) is 0 Å². The van der Waals surface area contributed by atoms with Gasteiger partial charge in [0.15, 0.2) is 6.10 Å². The third-order valence-corrected chi connectivity index (χ3v) is 4.86. The van der Waals surface area contributed by atoms with E-state index in [0.717, 1.165) is 12.1 Å². The second-order valence-electron chi connectivity index (χ2n) is 6.96. The van der Waals surface area contributed by atoms with Gasteiger partial charge in [-0.1, -0.05) is 17.7 Å². The molecule has 1 amide bonds. The molecule has 1 aliphatic rings. The third-order valence-electron chi connectivity index (χ3n) is 4.53. The molecule has 3 N–H and O–H groups in total. The van der Waals surface area contributed by atoms with E-state index in [9.17, 15) is 31.1 Å². The molecule has 3 atom stereocenters. The van der Waals surface area contributed by atoms with Crippen molar-refractivity contribution in [3.8, 4) is 5.75 Å². The van der Waals surface area contributed by atoms with Gasteiger partial charge in [0.25, 0.3) is 0 Å². The van der Waals surface area contributed by atoms with Crippen LogP contribution in [-0.4, -0.2) is 53.5 Å². The van der Waals surface area contributed by atoms with Crippen LogP contribution in [0.15, 0.2) is 36.5 Å². The fourth-order valence-electron chi connectivity index (χ4n) is 2.96. The Morgan fingerprint density at radius 3 is 2.41 bits per heavy atom. The lowest BCUT2D eigenvalue weighted by atomic mass is 9.96. The normalized spacial score (nSPS) is 19.1. The van der Waals surface area contributed by atoms with E-state index in [1.807, 2.05) is 0 Å². The minimum absolute atomic E-state index is 0.0897. The number of halogens is 7. The number of benzene rings is 1. The number of rotatable bonds is 6. The van der Waals surface area contributed by atoms with E-state index < -0.39 is 36.4 Å². The fourth-order valence-corrected chi connectivity index (χ4v) is 3.28. The number of nitrogens with one attached hydrogen (secondary N) is 1. The average Bonchev–Trinajstić information content (AvgIpc) is 3.24. The lowest BCUT2D eigenvalue weighted by molar-refractivity contribution is -0.274. The Kier molecular flexibility index (Phi) is 9.50. The topological polar surface area (TPSA) is 101 Å². The predicted octanol–water partition coefficient (Wildman–Crippen LogP) is 4.35. The first-order chi connectivity index (χ1) is 15.8. The summed E-state index contributed by atoms with van der Waals surface area (Å²) in [5.74, 6) is -1.15. The van der Waals surface area contributed by atoms with Gasteiger partial charge >= 0.3 is 12.5 Å². The Balaban J connectivity index is 0.000000270. The van der Waals surface area contributed by atoms with Crippen LogP contribution in [0, 0.1) is 0 Å². The van der Waals surface area contributed by atoms with Gasteiger partial charge in [0.2, 0.25) is 6.41 Å². The Hall–Kier alpha value is -2.61. The standard InChI is InChI=1S/C12H9ClF6O2.C8H10N2O3/c13-9-4-7(21-12(17,18)19)1-2-8(9)6-3-10(20-5-6)11(14,15)16;11-4-8(13)7-2-1-6(3-9-7)10-5-12/h1-2,4,6,10H,3,5H2;1-3,5,8,11,13H,4H2,(H,10,12). The molecule has 0 bridgehead atoms. The van der Waals surface area contributed by atoms with Gasteiger partial charge in [0.05, 0.1) is 30.8 Å². The van der Waals surface area contributed by atoms with Crippen molar-refractivity contribution < 1.29 is 50.8 Å². The van der Waals surface area contributed by atoms with Crippen molar-refractivity contribution in [2.75, 3.05) is 18.5 Å². The molecule has 1 aliphatic heterocycles. The molecule has 14 heteroatoms. The smallest absolute Gasteiger partial charge is 0.406 e. The number of amides is 1. The summed E-state index contributed by atoms with van der Waals surface area (Å²) < 4.78 is 82.0. The molecule has 1 aromatic heterocycles. The van der Waals surface area contributed by atoms with Crippen molar-refractivity contribution in [3.63, 3.8) is 0 Å². The second-order valence-corrected chi connectivity index (χ2v) is 7.37. The molecule has 2 heterocycles. The van der Waals surface area contributed by atoms with Gasteiger partial charge in [0.1, 0.15) is 11.9 Å². The molecule has 0 aliphatic carbocycles. The van der Waals surface area contributed by atoms with E-state index in [2.05, 4.69) is 19.8 Å². The number of carbonyl (C=O) groups is 1. The van der Waals surface area contributed by atoms with Crippen LogP contribution in [0.5, 0.6) is 5.75 Å². The summed E-state index contributed by atoms with van der Waals surface area (Å²) in [4.78, 5) is 13.9. The Morgan fingerprint density at radius 2 is 1.94 bits per heavy atom.